The summed E-state index contributed by atoms with van der Waals surface area (Å²) in [5, 5.41) is 9.64. The quantitative estimate of drug-likeness (QED) is 0.256. The van der Waals surface area contributed by atoms with Crippen LogP contribution < -0.4 is 16.0 Å². The summed E-state index contributed by atoms with van der Waals surface area (Å²) in [5.41, 5.74) is 0.805. The van der Waals surface area contributed by atoms with E-state index in [4.69, 9.17) is 4.74 Å². The van der Waals surface area contributed by atoms with Crippen LogP contribution in [0.1, 0.15) is 52.0 Å². The molecule has 1 heterocycles. The lowest BCUT2D eigenvalue weighted by atomic mass is 10.2. The first kappa shape index (κ1) is 26.2. The molecule has 0 atom stereocenters. The van der Waals surface area contributed by atoms with Gasteiger partial charge in [-0.25, -0.2) is 14.2 Å². The van der Waals surface area contributed by atoms with Gasteiger partial charge in [-0.15, -0.1) is 0 Å². The Morgan fingerprint density at radius 2 is 2.11 bits per heavy atom. The number of nitrogens with one attached hydrogen (secondary N) is 3. The number of carbonyl (C=O) groups excluding carboxylic acids is 1. The minimum Gasteiger partial charge on any atom is -0.444 e. The zero-order valence-corrected chi connectivity index (χ0v) is 20.9. The fourth-order valence-electron chi connectivity index (χ4n) is 3.04. The zero-order valence-electron chi connectivity index (χ0n) is 20.9. The molecule has 8 nitrogen and oxygen atoms in total. The van der Waals surface area contributed by atoms with Crippen LogP contribution in [0.2, 0.25) is 0 Å². The first-order valence-corrected chi connectivity index (χ1v) is 12.0. The van der Waals surface area contributed by atoms with Crippen molar-refractivity contribution < 1.29 is 13.9 Å². The van der Waals surface area contributed by atoms with E-state index in [9.17, 15) is 9.18 Å². The van der Waals surface area contributed by atoms with Crippen molar-refractivity contribution in [3.8, 4) is 11.8 Å². The molecule has 0 aliphatic heterocycles. The number of anilines is 3. The lowest BCUT2D eigenvalue weighted by molar-refractivity contribution is 0.0286. The standard InChI is InChI=1S/C26H35FN6O2/c1-26(2,3)35-25(34)33(4)18-28-14-7-5-6-9-20-17-30-24(31-22-11-8-10-21(27)15-22)32-23(20)29-16-19-12-13-19/h8,10-11,15,17,19,28H,5,7,12-14,16,18H2,1-4H3,(H2,29,30,31,32). The van der Waals surface area contributed by atoms with Crippen molar-refractivity contribution in [2.24, 2.45) is 5.92 Å². The lowest BCUT2D eigenvalue weighted by Crippen LogP contribution is -2.39. The fraction of sp³-hybridized carbons (Fsp3) is 0.500. The Labute approximate surface area is 207 Å². The van der Waals surface area contributed by atoms with Crippen LogP contribution in [0.5, 0.6) is 0 Å². The van der Waals surface area contributed by atoms with E-state index in [1.807, 2.05) is 20.8 Å². The molecule has 3 rings (SSSR count). The van der Waals surface area contributed by atoms with Crippen LogP contribution in [-0.2, 0) is 4.74 Å². The SMILES string of the molecule is CN(CNCCCC#Cc1cnc(Nc2cccc(F)c2)nc1NCC1CC1)C(=O)OC(C)(C)C. The van der Waals surface area contributed by atoms with E-state index in [0.717, 1.165) is 25.1 Å². The largest absolute Gasteiger partial charge is 0.444 e. The molecule has 35 heavy (non-hydrogen) atoms. The number of unbranched alkanes of at least 4 members (excludes halogenated alkanes) is 1. The Balaban J connectivity index is 1.49. The van der Waals surface area contributed by atoms with Gasteiger partial charge in [0.15, 0.2) is 0 Å². The minimum absolute atomic E-state index is 0.324. The Kier molecular flexibility index (Phi) is 9.26. The maximum atomic E-state index is 13.5. The predicted octanol–water partition coefficient (Wildman–Crippen LogP) is 4.73. The predicted molar refractivity (Wildman–Crippen MR) is 136 cm³/mol. The molecule has 1 amide bonds. The molecular weight excluding hydrogens is 447 g/mol. The molecular formula is C26H35FN6O2. The van der Waals surface area contributed by atoms with Gasteiger partial charge in [-0.05, 0) is 70.7 Å². The summed E-state index contributed by atoms with van der Waals surface area (Å²) in [6.07, 6.45) is 5.30. The maximum absolute atomic E-state index is 13.5. The number of hydrogen-bond acceptors (Lipinski definition) is 7. The van der Waals surface area contributed by atoms with Crippen LogP contribution in [0.4, 0.5) is 26.6 Å². The fourth-order valence-corrected chi connectivity index (χ4v) is 3.04. The van der Waals surface area contributed by atoms with Crippen molar-refractivity contribution in [3.05, 3.63) is 41.8 Å². The van der Waals surface area contributed by atoms with Gasteiger partial charge >= 0.3 is 6.09 Å². The highest BCUT2D eigenvalue weighted by molar-refractivity contribution is 5.67. The molecule has 1 saturated carbocycles. The van der Waals surface area contributed by atoms with E-state index in [-0.39, 0.29) is 11.9 Å². The highest BCUT2D eigenvalue weighted by Gasteiger charge is 2.21. The smallest absolute Gasteiger partial charge is 0.411 e. The Bertz CT molecular complexity index is 1060. The van der Waals surface area contributed by atoms with Crippen LogP contribution in [-0.4, -0.2) is 53.4 Å². The number of carbonyl (C=O) groups is 1. The van der Waals surface area contributed by atoms with Gasteiger partial charge in [0, 0.05) is 25.7 Å². The summed E-state index contributed by atoms with van der Waals surface area (Å²) in [4.78, 5) is 22.4. The van der Waals surface area contributed by atoms with Gasteiger partial charge in [-0.1, -0.05) is 17.9 Å². The van der Waals surface area contributed by atoms with Crippen molar-refractivity contribution in [3.63, 3.8) is 0 Å². The van der Waals surface area contributed by atoms with Gasteiger partial charge in [0.2, 0.25) is 5.95 Å². The average molecular weight is 483 g/mol. The summed E-state index contributed by atoms with van der Waals surface area (Å²) in [6.45, 7) is 7.51. The van der Waals surface area contributed by atoms with E-state index in [0.29, 0.717) is 36.5 Å². The van der Waals surface area contributed by atoms with E-state index >= 15 is 0 Å². The van der Waals surface area contributed by atoms with Crippen LogP contribution >= 0.6 is 0 Å². The molecule has 2 aromatic rings. The number of ether oxygens (including phenoxy) is 1. The van der Waals surface area contributed by atoms with Gasteiger partial charge in [-0.2, -0.15) is 4.98 Å². The molecule has 1 aliphatic rings. The topological polar surface area (TPSA) is 91.4 Å². The van der Waals surface area contributed by atoms with E-state index in [1.54, 1.807) is 25.4 Å². The Morgan fingerprint density at radius 3 is 2.83 bits per heavy atom. The lowest BCUT2D eigenvalue weighted by Gasteiger charge is -2.24. The third-order valence-electron chi connectivity index (χ3n) is 5.06. The first-order chi connectivity index (χ1) is 16.7. The number of halogens is 1. The molecule has 0 unspecified atom stereocenters. The van der Waals surface area contributed by atoms with Crippen LogP contribution in [0.3, 0.4) is 0 Å². The van der Waals surface area contributed by atoms with Crippen molar-refractivity contribution in [2.75, 3.05) is 37.4 Å². The minimum atomic E-state index is -0.509. The number of amides is 1. The molecule has 9 heteroatoms. The van der Waals surface area contributed by atoms with Crippen molar-refractivity contribution in [1.29, 1.82) is 0 Å². The molecule has 0 bridgehead atoms. The molecule has 0 saturated heterocycles. The highest BCUT2D eigenvalue weighted by atomic mass is 19.1. The monoisotopic (exact) mass is 482 g/mol. The molecule has 0 spiro atoms. The Hall–Kier alpha value is -3.38. The van der Waals surface area contributed by atoms with E-state index in [2.05, 4.69) is 37.8 Å². The van der Waals surface area contributed by atoms with Crippen LogP contribution in [0, 0.1) is 23.6 Å². The van der Waals surface area contributed by atoms with Gasteiger partial charge in [0.25, 0.3) is 0 Å². The van der Waals surface area contributed by atoms with E-state index in [1.165, 1.54) is 29.9 Å². The highest BCUT2D eigenvalue weighted by Crippen LogP contribution is 2.29. The zero-order chi connectivity index (χ0) is 25.3. The number of rotatable bonds is 10. The molecule has 1 aromatic heterocycles. The number of nitrogens with zero attached hydrogens (tertiary/aromatic N) is 3. The van der Waals surface area contributed by atoms with Crippen LogP contribution in [0.15, 0.2) is 30.5 Å². The second-order valence-electron chi connectivity index (χ2n) is 9.66. The summed E-state index contributed by atoms with van der Waals surface area (Å²) < 4.78 is 18.8. The summed E-state index contributed by atoms with van der Waals surface area (Å²) in [7, 11) is 1.70. The number of hydrogen-bond donors (Lipinski definition) is 3. The maximum Gasteiger partial charge on any atom is 0.411 e. The average Bonchev–Trinajstić information content (AvgIpc) is 3.61. The second-order valence-corrected chi connectivity index (χ2v) is 9.66. The molecule has 1 aliphatic carbocycles. The molecule has 1 fully saturated rings. The molecule has 0 radical (unpaired) electrons. The Morgan fingerprint density at radius 1 is 1.31 bits per heavy atom. The number of benzene rings is 1. The van der Waals surface area contributed by atoms with Gasteiger partial charge in [0.1, 0.15) is 17.2 Å². The van der Waals surface area contributed by atoms with E-state index < -0.39 is 5.60 Å². The molecule has 1 aromatic carbocycles. The molecule has 188 valence electrons. The summed E-state index contributed by atoms with van der Waals surface area (Å²) in [5.74, 6) is 7.76. The van der Waals surface area contributed by atoms with Gasteiger partial charge < -0.3 is 15.4 Å². The number of aromatic nitrogens is 2. The van der Waals surface area contributed by atoms with Gasteiger partial charge in [0.05, 0.1) is 18.4 Å². The third-order valence-corrected chi connectivity index (χ3v) is 5.06. The summed E-state index contributed by atoms with van der Waals surface area (Å²) in [6, 6.07) is 6.18. The van der Waals surface area contributed by atoms with Crippen molar-refractivity contribution >= 4 is 23.5 Å². The van der Waals surface area contributed by atoms with Crippen LogP contribution in [0.25, 0.3) is 0 Å². The summed E-state index contributed by atoms with van der Waals surface area (Å²) >= 11 is 0. The van der Waals surface area contributed by atoms with Gasteiger partial charge in [-0.3, -0.25) is 10.2 Å². The second kappa shape index (κ2) is 12.4. The van der Waals surface area contributed by atoms with Crippen molar-refractivity contribution in [1.82, 2.24) is 20.2 Å². The molecule has 3 N–H and O–H groups in total. The first-order valence-electron chi connectivity index (χ1n) is 12.0. The van der Waals surface area contributed by atoms with Crippen molar-refractivity contribution in [2.45, 2.75) is 52.1 Å². The third kappa shape index (κ3) is 9.79. The normalized spacial score (nSPS) is 12.9.